The van der Waals surface area contributed by atoms with Gasteiger partial charge in [-0.2, -0.15) is 0 Å². The Hall–Kier alpha value is -2.49. The maximum Gasteiger partial charge on any atom is 0.208 e. The number of piperidine rings is 1. The summed E-state index contributed by atoms with van der Waals surface area (Å²) >= 11 is 1.48. The zero-order chi connectivity index (χ0) is 22.0. The lowest BCUT2D eigenvalue weighted by Gasteiger charge is -2.51. The topological polar surface area (TPSA) is 90.5 Å². The molecule has 0 radical (unpaired) electrons. The Balaban J connectivity index is 1.39. The molecule has 2 N–H and O–H groups in total. The molecule has 164 valence electrons. The van der Waals surface area contributed by atoms with Crippen molar-refractivity contribution < 1.29 is 10.2 Å². The number of imidazole rings is 1. The van der Waals surface area contributed by atoms with Crippen LogP contribution in [0.1, 0.15) is 33.1 Å². The van der Waals surface area contributed by atoms with Crippen molar-refractivity contribution in [2.45, 2.75) is 56.3 Å². The molecule has 2 aliphatic heterocycles. The molecule has 1 aromatic carbocycles. The van der Waals surface area contributed by atoms with Crippen LogP contribution in [-0.4, -0.2) is 72.2 Å². The van der Waals surface area contributed by atoms with E-state index < -0.39 is 0 Å². The predicted molar refractivity (Wildman–Crippen MR) is 121 cm³/mol. The van der Waals surface area contributed by atoms with Gasteiger partial charge in [0.2, 0.25) is 5.13 Å². The molecule has 0 spiro atoms. The van der Waals surface area contributed by atoms with Crippen LogP contribution >= 0.6 is 11.3 Å². The molecule has 0 saturated carbocycles. The van der Waals surface area contributed by atoms with Crippen molar-refractivity contribution in [1.29, 1.82) is 0 Å². The normalized spacial score (nSPS) is 30.6. The number of aliphatic hydroxyl groups is 1. The SMILES string of the molecule is CN(c1nnc(-c2ccc(-n3ccnc3)cc2O)s1)[C@H]1C[C@]2(C)C[C@@H](O)[C@](C)(C1)N2C. The number of phenolic OH excluding ortho intramolecular Hbond substituents is 1. The highest BCUT2D eigenvalue weighted by Gasteiger charge is 2.59. The largest absolute Gasteiger partial charge is 0.507 e. The van der Waals surface area contributed by atoms with E-state index in [2.05, 4.69) is 52.9 Å². The molecule has 2 saturated heterocycles. The Morgan fingerprint density at radius 1 is 1.19 bits per heavy atom. The van der Waals surface area contributed by atoms with Gasteiger partial charge in [0.15, 0.2) is 5.01 Å². The Kier molecular flexibility index (Phi) is 4.62. The van der Waals surface area contributed by atoms with Gasteiger partial charge in [0, 0.05) is 42.6 Å². The molecule has 4 heterocycles. The molecule has 2 fully saturated rings. The van der Waals surface area contributed by atoms with Gasteiger partial charge in [-0.1, -0.05) is 11.3 Å². The molecule has 0 amide bonds. The van der Waals surface area contributed by atoms with Crippen molar-refractivity contribution in [2.24, 2.45) is 0 Å². The van der Waals surface area contributed by atoms with Gasteiger partial charge in [-0.3, -0.25) is 4.90 Å². The van der Waals surface area contributed by atoms with Crippen molar-refractivity contribution >= 4 is 16.5 Å². The number of nitrogens with zero attached hydrogens (tertiary/aromatic N) is 6. The van der Waals surface area contributed by atoms with E-state index in [-0.39, 0.29) is 29.0 Å². The highest BCUT2D eigenvalue weighted by molar-refractivity contribution is 7.18. The zero-order valence-corrected chi connectivity index (χ0v) is 19.0. The summed E-state index contributed by atoms with van der Waals surface area (Å²) in [6.07, 6.45) is 7.54. The average Bonchev–Trinajstić information content (AvgIpc) is 3.44. The van der Waals surface area contributed by atoms with Gasteiger partial charge in [-0.05, 0) is 52.3 Å². The van der Waals surface area contributed by atoms with Gasteiger partial charge in [0.05, 0.1) is 23.7 Å². The number of hydrogen-bond donors (Lipinski definition) is 2. The van der Waals surface area contributed by atoms with Crippen LogP contribution in [0.15, 0.2) is 36.9 Å². The number of phenols is 1. The molecular weight excluding hydrogens is 412 g/mol. The van der Waals surface area contributed by atoms with E-state index in [9.17, 15) is 10.2 Å². The molecular formula is C22H28N6O2S. The van der Waals surface area contributed by atoms with E-state index in [1.165, 1.54) is 11.3 Å². The van der Waals surface area contributed by atoms with Crippen LogP contribution in [0.25, 0.3) is 16.3 Å². The number of rotatable bonds is 4. The third-order valence-electron chi connectivity index (χ3n) is 7.53. The van der Waals surface area contributed by atoms with Crippen LogP contribution in [0.4, 0.5) is 5.13 Å². The summed E-state index contributed by atoms with van der Waals surface area (Å²) in [6.45, 7) is 4.40. The molecule has 8 nitrogen and oxygen atoms in total. The van der Waals surface area contributed by atoms with Crippen LogP contribution in [0.5, 0.6) is 5.75 Å². The van der Waals surface area contributed by atoms with Crippen molar-refractivity contribution in [3.05, 3.63) is 36.9 Å². The van der Waals surface area contributed by atoms with Crippen molar-refractivity contribution in [2.75, 3.05) is 19.0 Å². The molecule has 31 heavy (non-hydrogen) atoms. The second-order valence-corrected chi connectivity index (χ2v) is 10.3. The van der Waals surface area contributed by atoms with Crippen LogP contribution in [0, 0.1) is 0 Å². The number of anilines is 1. The van der Waals surface area contributed by atoms with Crippen LogP contribution < -0.4 is 4.90 Å². The minimum atomic E-state index is -0.322. The number of hydrogen-bond acceptors (Lipinski definition) is 8. The van der Waals surface area contributed by atoms with Crippen LogP contribution in [0.3, 0.4) is 0 Å². The summed E-state index contributed by atoms with van der Waals surface area (Å²) in [5, 5.41) is 31.6. The van der Waals surface area contributed by atoms with E-state index >= 15 is 0 Å². The molecule has 4 atom stereocenters. The van der Waals surface area contributed by atoms with Gasteiger partial charge in [0.1, 0.15) is 5.75 Å². The van der Waals surface area contributed by atoms with Crippen LogP contribution in [0.2, 0.25) is 0 Å². The highest BCUT2D eigenvalue weighted by Crippen LogP contribution is 2.51. The highest BCUT2D eigenvalue weighted by atomic mass is 32.1. The average molecular weight is 441 g/mol. The fraction of sp³-hybridized carbons (Fsp3) is 0.500. The third kappa shape index (κ3) is 3.14. The Bertz CT molecular complexity index is 1100. The standard InChI is InChI=1S/C22H28N6O2S/c1-21-10-15(11-22(2,27(21)4)18(30)12-21)26(3)20-25-24-19(31-20)16-6-5-14(9-17(16)29)28-8-7-23-13-28/h5-9,13,15,18,29-30H,10-12H2,1-4H3/t15-,18+,21+,22-/m0/s1. The van der Waals surface area contributed by atoms with Crippen molar-refractivity contribution in [3.63, 3.8) is 0 Å². The Morgan fingerprint density at radius 3 is 2.68 bits per heavy atom. The first kappa shape index (κ1) is 20.4. The van der Waals surface area contributed by atoms with Gasteiger partial charge in [-0.15, -0.1) is 10.2 Å². The summed E-state index contributed by atoms with van der Waals surface area (Å²) in [6, 6.07) is 5.77. The lowest BCUT2D eigenvalue weighted by atomic mass is 9.82. The summed E-state index contributed by atoms with van der Waals surface area (Å²) in [5.41, 5.74) is 1.24. The number of likely N-dealkylation sites (N-methyl/N-ethyl adjacent to an activating group) is 1. The first-order chi connectivity index (χ1) is 14.7. The number of aliphatic hydroxyl groups excluding tert-OH is 1. The van der Waals surface area contributed by atoms with E-state index in [1.807, 2.05) is 22.9 Å². The molecule has 2 aliphatic rings. The maximum absolute atomic E-state index is 10.7. The van der Waals surface area contributed by atoms with E-state index in [1.54, 1.807) is 18.6 Å². The predicted octanol–water partition coefficient (Wildman–Crippen LogP) is 2.91. The van der Waals surface area contributed by atoms with Gasteiger partial charge < -0.3 is 19.7 Å². The molecule has 3 aromatic rings. The van der Waals surface area contributed by atoms with E-state index in [4.69, 9.17) is 0 Å². The van der Waals surface area contributed by atoms with Gasteiger partial charge >= 0.3 is 0 Å². The maximum atomic E-state index is 10.7. The minimum absolute atomic E-state index is 0.0275. The molecule has 5 rings (SSSR count). The molecule has 2 bridgehead atoms. The second kappa shape index (κ2) is 7.01. The number of fused-ring (bicyclic) bond motifs is 2. The summed E-state index contributed by atoms with van der Waals surface area (Å²) < 4.78 is 1.84. The fourth-order valence-electron chi connectivity index (χ4n) is 5.33. The number of benzene rings is 1. The van der Waals surface area contributed by atoms with Gasteiger partial charge in [-0.25, -0.2) is 4.98 Å². The third-order valence-corrected chi connectivity index (χ3v) is 8.58. The Morgan fingerprint density at radius 2 is 2.00 bits per heavy atom. The van der Waals surface area contributed by atoms with Crippen molar-refractivity contribution in [3.8, 4) is 22.0 Å². The van der Waals surface area contributed by atoms with Gasteiger partial charge in [0.25, 0.3) is 0 Å². The molecule has 9 heteroatoms. The summed E-state index contributed by atoms with van der Waals surface area (Å²) in [4.78, 5) is 8.60. The van der Waals surface area contributed by atoms with E-state index in [0.717, 1.165) is 30.1 Å². The first-order valence-electron chi connectivity index (χ1n) is 10.5. The van der Waals surface area contributed by atoms with E-state index in [0.29, 0.717) is 10.6 Å². The quantitative estimate of drug-likeness (QED) is 0.645. The molecule has 0 aliphatic carbocycles. The fourth-order valence-corrected chi connectivity index (χ4v) is 6.25. The Labute approximate surface area is 185 Å². The minimum Gasteiger partial charge on any atom is -0.507 e. The zero-order valence-electron chi connectivity index (χ0n) is 18.2. The second-order valence-electron chi connectivity index (χ2n) is 9.37. The summed E-state index contributed by atoms with van der Waals surface area (Å²) in [5.74, 6) is 0.164. The smallest absolute Gasteiger partial charge is 0.208 e. The first-order valence-corrected chi connectivity index (χ1v) is 11.3. The van der Waals surface area contributed by atoms with Crippen molar-refractivity contribution in [1.82, 2.24) is 24.6 Å². The number of aromatic nitrogens is 4. The molecule has 2 aromatic heterocycles. The lowest BCUT2D eigenvalue weighted by Crippen LogP contribution is -2.60. The van der Waals surface area contributed by atoms with Crippen LogP contribution in [-0.2, 0) is 0 Å². The lowest BCUT2D eigenvalue weighted by molar-refractivity contribution is -0.00929. The molecule has 0 unspecified atom stereocenters. The monoisotopic (exact) mass is 440 g/mol. The number of aromatic hydroxyl groups is 1. The summed E-state index contributed by atoms with van der Waals surface area (Å²) in [7, 11) is 4.19.